The summed E-state index contributed by atoms with van der Waals surface area (Å²) in [5, 5.41) is 0.718. The van der Waals surface area contributed by atoms with E-state index >= 15 is 0 Å². The molecular weight excluding hydrogens is 354 g/mol. The van der Waals surface area contributed by atoms with Gasteiger partial charge >= 0.3 is 0 Å². The first-order valence-corrected chi connectivity index (χ1v) is 9.45. The lowest BCUT2D eigenvalue weighted by atomic mass is 10.1. The number of likely N-dealkylation sites (tertiary alicyclic amines) is 1. The van der Waals surface area contributed by atoms with Gasteiger partial charge in [-0.25, -0.2) is 0 Å². The molecule has 2 fully saturated rings. The van der Waals surface area contributed by atoms with Gasteiger partial charge < -0.3 is 19.4 Å². The molecule has 0 unspecified atom stereocenters. The van der Waals surface area contributed by atoms with Gasteiger partial charge in [0, 0.05) is 57.0 Å². The van der Waals surface area contributed by atoms with E-state index in [4.69, 9.17) is 16.3 Å². The number of piperazine rings is 1. The molecule has 1 aromatic rings. The number of carbonyl (C=O) groups excluding carboxylic acids is 2. The highest BCUT2D eigenvalue weighted by atomic mass is 35.5. The van der Waals surface area contributed by atoms with Crippen molar-refractivity contribution in [1.82, 2.24) is 9.80 Å². The molecule has 2 amide bonds. The van der Waals surface area contributed by atoms with Crippen LogP contribution in [0.4, 0.5) is 5.69 Å². The lowest BCUT2D eigenvalue weighted by Crippen LogP contribution is -2.50. The van der Waals surface area contributed by atoms with Crippen LogP contribution in [0, 0.1) is 5.92 Å². The first-order valence-electron chi connectivity index (χ1n) is 9.07. The minimum atomic E-state index is -0.237. The van der Waals surface area contributed by atoms with Crippen LogP contribution in [-0.4, -0.2) is 74.1 Å². The molecule has 0 bridgehead atoms. The van der Waals surface area contributed by atoms with E-state index in [1.54, 1.807) is 12.0 Å². The predicted molar refractivity (Wildman–Crippen MR) is 101 cm³/mol. The van der Waals surface area contributed by atoms with E-state index in [2.05, 4.69) is 4.90 Å². The molecule has 0 saturated carbocycles. The third kappa shape index (κ3) is 4.13. The summed E-state index contributed by atoms with van der Waals surface area (Å²) in [6.07, 6.45) is 0.307. The van der Waals surface area contributed by atoms with Crippen LogP contribution in [0.15, 0.2) is 24.3 Å². The number of rotatable bonds is 5. The molecule has 0 radical (unpaired) electrons. The second-order valence-electron chi connectivity index (χ2n) is 7.04. The summed E-state index contributed by atoms with van der Waals surface area (Å²) in [4.78, 5) is 31.0. The van der Waals surface area contributed by atoms with E-state index in [1.165, 1.54) is 0 Å². The number of carbonyl (C=O) groups is 2. The standard InChI is InChI=1S/C19H26ClN3O3/c1-14(13-26-2)23-12-15(10-18(23)24)19(25)22-8-6-21(7-9-22)17-5-3-4-16(20)11-17/h3-5,11,14-15H,6-10,12-13H2,1-2H3/t14-,15-/m0/s1. The van der Waals surface area contributed by atoms with Crippen LogP contribution >= 0.6 is 11.6 Å². The Hall–Kier alpha value is -1.79. The fraction of sp³-hybridized carbons (Fsp3) is 0.579. The van der Waals surface area contributed by atoms with Crippen LogP contribution < -0.4 is 4.90 Å². The van der Waals surface area contributed by atoms with E-state index in [-0.39, 0.29) is 23.8 Å². The molecule has 1 aromatic carbocycles. The van der Waals surface area contributed by atoms with Crippen LogP contribution in [0.1, 0.15) is 13.3 Å². The summed E-state index contributed by atoms with van der Waals surface area (Å²) >= 11 is 6.07. The molecule has 0 N–H and O–H groups in total. The summed E-state index contributed by atoms with van der Waals surface area (Å²) in [5.74, 6) is -0.0961. The van der Waals surface area contributed by atoms with Gasteiger partial charge in [0.25, 0.3) is 0 Å². The number of nitrogens with zero attached hydrogens (tertiary/aromatic N) is 3. The minimum absolute atomic E-state index is 0.00461. The first-order chi connectivity index (χ1) is 12.5. The molecule has 6 nitrogen and oxygen atoms in total. The third-order valence-corrected chi connectivity index (χ3v) is 5.45. The Morgan fingerprint density at radius 1 is 1.31 bits per heavy atom. The Kier molecular flexibility index (Phi) is 6.04. The van der Waals surface area contributed by atoms with Crippen molar-refractivity contribution in [3.05, 3.63) is 29.3 Å². The summed E-state index contributed by atoms with van der Waals surface area (Å²) in [7, 11) is 1.62. The summed E-state index contributed by atoms with van der Waals surface area (Å²) in [6, 6.07) is 7.79. The number of hydrogen-bond acceptors (Lipinski definition) is 4. The average Bonchev–Trinajstić information content (AvgIpc) is 3.03. The van der Waals surface area contributed by atoms with Crippen molar-refractivity contribution in [2.45, 2.75) is 19.4 Å². The summed E-state index contributed by atoms with van der Waals surface area (Å²) < 4.78 is 5.13. The SMILES string of the molecule is COC[C@H](C)N1C[C@@H](C(=O)N2CCN(c3cccc(Cl)c3)CC2)CC1=O. The van der Waals surface area contributed by atoms with E-state index < -0.39 is 0 Å². The molecular formula is C19H26ClN3O3. The first kappa shape index (κ1) is 19.0. The molecule has 2 heterocycles. The fourth-order valence-electron chi connectivity index (χ4n) is 3.77. The highest BCUT2D eigenvalue weighted by Gasteiger charge is 2.39. The van der Waals surface area contributed by atoms with Gasteiger partial charge in [0.2, 0.25) is 11.8 Å². The zero-order chi connectivity index (χ0) is 18.7. The maximum absolute atomic E-state index is 12.8. The Bertz CT molecular complexity index is 661. The highest BCUT2D eigenvalue weighted by Crippen LogP contribution is 2.25. The van der Waals surface area contributed by atoms with Crippen molar-refractivity contribution in [3.8, 4) is 0 Å². The maximum atomic E-state index is 12.8. The van der Waals surface area contributed by atoms with Crippen molar-refractivity contribution in [1.29, 1.82) is 0 Å². The van der Waals surface area contributed by atoms with Crippen LogP contribution in [0.3, 0.4) is 0 Å². The van der Waals surface area contributed by atoms with Gasteiger partial charge in [0.05, 0.1) is 18.6 Å². The number of benzene rings is 1. The number of hydrogen-bond donors (Lipinski definition) is 0. The Balaban J connectivity index is 1.55. The molecule has 7 heteroatoms. The molecule has 0 spiro atoms. The molecule has 26 heavy (non-hydrogen) atoms. The highest BCUT2D eigenvalue weighted by molar-refractivity contribution is 6.30. The van der Waals surface area contributed by atoms with E-state index in [0.717, 1.165) is 23.8 Å². The predicted octanol–water partition coefficient (Wildman–Crippen LogP) is 1.87. The van der Waals surface area contributed by atoms with Gasteiger partial charge in [-0.1, -0.05) is 17.7 Å². The third-order valence-electron chi connectivity index (χ3n) is 5.21. The monoisotopic (exact) mass is 379 g/mol. The Labute approximate surface area is 159 Å². The number of methoxy groups -OCH3 is 1. The van der Waals surface area contributed by atoms with Gasteiger partial charge in [-0.3, -0.25) is 9.59 Å². The van der Waals surface area contributed by atoms with Gasteiger partial charge in [-0.2, -0.15) is 0 Å². The summed E-state index contributed by atoms with van der Waals surface area (Å²) in [6.45, 7) is 5.83. The normalized spacial score (nSPS) is 22.0. The second-order valence-corrected chi connectivity index (χ2v) is 7.48. The van der Waals surface area contributed by atoms with E-state index in [0.29, 0.717) is 32.7 Å². The van der Waals surface area contributed by atoms with Crippen molar-refractivity contribution < 1.29 is 14.3 Å². The zero-order valence-electron chi connectivity index (χ0n) is 15.4. The lowest BCUT2D eigenvalue weighted by molar-refractivity contribution is -0.136. The number of ether oxygens (including phenoxy) is 1. The van der Waals surface area contributed by atoms with Gasteiger partial charge in [-0.05, 0) is 25.1 Å². The van der Waals surface area contributed by atoms with Crippen LogP contribution in [0.25, 0.3) is 0 Å². The molecule has 2 aliphatic rings. The largest absolute Gasteiger partial charge is 0.383 e. The molecule has 142 valence electrons. The lowest BCUT2D eigenvalue weighted by Gasteiger charge is -2.37. The van der Waals surface area contributed by atoms with Crippen LogP contribution in [-0.2, 0) is 14.3 Å². The number of halogens is 1. The zero-order valence-corrected chi connectivity index (χ0v) is 16.1. The van der Waals surface area contributed by atoms with Crippen molar-refractivity contribution in [2.24, 2.45) is 5.92 Å². The van der Waals surface area contributed by atoms with Crippen molar-refractivity contribution >= 4 is 29.1 Å². The van der Waals surface area contributed by atoms with Crippen molar-refractivity contribution in [2.75, 3.05) is 51.3 Å². The quantitative estimate of drug-likeness (QED) is 0.783. The van der Waals surface area contributed by atoms with Crippen LogP contribution in [0.5, 0.6) is 0 Å². The van der Waals surface area contributed by atoms with Crippen LogP contribution in [0.2, 0.25) is 5.02 Å². The topological polar surface area (TPSA) is 53.1 Å². The maximum Gasteiger partial charge on any atom is 0.228 e. The van der Waals surface area contributed by atoms with Gasteiger partial charge in [0.1, 0.15) is 0 Å². The molecule has 0 aliphatic carbocycles. The number of amides is 2. The molecule has 2 saturated heterocycles. The molecule has 2 aliphatic heterocycles. The minimum Gasteiger partial charge on any atom is -0.383 e. The number of anilines is 1. The van der Waals surface area contributed by atoms with Gasteiger partial charge in [0.15, 0.2) is 0 Å². The molecule has 2 atom stereocenters. The fourth-order valence-corrected chi connectivity index (χ4v) is 3.95. The van der Waals surface area contributed by atoms with E-state index in [9.17, 15) is 9.59 Å². The molecule has 3 rings (SSSR count). The van der Waals surface area contributed by atoms with Gasteiger partial charge in [-0.15, -0.1) is 0 Å². The Morgan fingerprint density at radius 2 is 2.04 bits per heavy atom. The van der Waals surface area contributed by atoms with Crippen molar-refractivity contribution in [3.63, 3.8) is 0 Å². The average molecular weight is 380 g/mol. The molecule has 0 aromatic heterocycles. The smallest absolute Gasteiger partial charge is 0.228 e. The van der Waals surface area contributed by atoms with E-state index in [1.807, 2.05) is 36.1 Å². The second kappa shape index (κ2) is 8.27. The Morgan fingerprint density at radius 3 is 2.69 bits per heavy atom. The summed E-state index contributed by atoms with van der Waals surface area (Å²) in [5.41, 5.74) is 1.08.